The molecule has 2 fully saturated rings. The number of aliphatic hydroxyl groups is 2. The molecule has 0 radical (unpaired) electrons. The predicted octanol–water partition coefficient (Wildman–Crippen LogP) is 1.29. The molecule has 1 unspecified atom stereocenters. The third-order valence-electron chi connectivity index (χ3n) is 4.88. The first kappa shape index (κ1) is 12.3. The van der Waals surface area contributed by atoms with Gasteiger partial charge in [-0.05, 0) is 31.1 Å². The molecule has 0 bridgehead atoms. The van der Waals surface area contributed by atoms with Crippen molar-refractivity contribution < 1.29 is 10.2 Å². The average Bonchev–Trinajstić information content (AvgIpc) is 2.26. The van der Waals surface area contributed by atoms with Crippen LogP contribution in [0.25, 0.3) is 0 Å². The molecule has 3 nitrogen and oxygen atoms in total. The van der Waals surface area contributed by atoms with Crippen molar-refractivity contribution in [3.05, 3.63) is 0 Å². The molecule has 1 saturated heterocycles. The Bertz CT molecular complexity index is 255. The SMILES string of the molecule is CC1(C)CCCC(O)(C2(CO)CNC2)CC1. The van der Waals surface area contributed by atoms with Gasteiger partial charge in [-0.15, -0.1) is 0 Å². The maximum atomic E-state index is 10.9. The zero-order valence-corrected chi connectivity index (χ0v) is 10.6. The monoisotopic (exact) mass is 227 g/mol. The van der Waals surface area contributed by atoms with E-state index < -0.39 is 5.60 Å². The third-order valence-corrected chi connectivity index (χ3v) is 4.88. The molecule has 0 aromatic carbocycles. The molecule has 0 aromatic heterocycles. The molecule has 0 aromatic rings. The Kier molecular flexibility index (Phi) is 3.06. The molecule has 2 rings (SSSR count). The number of hydrogen-bond donors (Lipinski definition) is 3. The second-order valence-corrected chi connectivity index (χ2v) is 6.59. The van der Waals surface area contributed by atoms with E-state index in [9.17, 15) is 10.2 Å². The van der Waals surface area contributed by atoms with Crippen LogP contribution in [0.15, 0.2) is 0 Å². The smallest absolute Gasteiger partial charge is 0.0750 e. The zero-order valence-electron chi connectivity index (χ0n) is 10.6. The summed E-state index contributed by atoms with van der Waals surface area (Å²) >= 11 is 0. The van der Waals surface area contributed by atoms with Gasteiger partial charge in [-0.1, -0.05) is 20.3 Å². The molecule has 1 saturated carbocycles. The summed E-state index contributed by atoms with van der Waals surface area (Å²) in [5.41, 5.74) is -0.577. The summed E-state index contributed by atoms with van der Waals surface area (Å²) in [6, 6.07) is 0. The van der Waals surface area contributed by atoms with Crippen LogP contribution >= 0.6 is 0 Å². The predicted molar refractivity (Wildman–Crippen MR) is 64.2 cm³/mol. The van der Waals surface area contributed by atoms with Gasteiger partial charge in [0, 0.05) is 18.5 Å². The van der Waals surface area contributed by atoms with Crippen LogP contribution in [0.2, 0.25) is 0 Å². The summed E-state index contributed by atoms with van der Waals surface area (Å²) in [7, 11) is 0. The van der Waals surface area contributed by atoms with Crippen LogP contribution in [0.4, 0.5) is 0 Å². The molecular weight excluding hydrogens is 202 g/mol. The Morgan fingerprint density at radius 1 is 1.06 bits per heavy atom. The minimum absolute atomic E-state index is 0.108. The van der Waals surface area contributed by atoms with E-state index in [4.69, 9.17) is 0 Å². The van der Waals surface area contributed by atoms with Crippen LogP contribution in [0.3, 0.4) is 0 Å². The molecule has 1 aliphatic carbocycles. The molecule has 2 aliphatic rings. The molecular formula is C13H25NO2. The highest BCUT2D eigenvalue weighted by Gasteiger charge is 2.54. The topological polar surface area (TPSA) is 52.5 Å². The summed E-state index contributed by atoms with van der Waals surface area (Å²) < 4.78 is 0. The van der Waals surface area contributed by atoms with Gasteiger partial charge in [-0.25, -0.2) is 0 Å². The molecule has 0 amide bonds. The van der Waals surface area contributed by atoms with E-state index >= 15 is 0 Å². The lowest BCUT2D eigenvalue weighted by molar-refractivity contribution is -0.144. The van der Waals surface area contributed by atoms with Crippen molar-refractivity contribution in [2.24, 2.45) is 10.8 Å². The minimum atomic E-state index is -0.652. The van der Waals surface area contributed by atoms with Gasteiger partial charge in [0.25, 0.3) is 0 Å². The van der Waals surface area contributed by atoms with Gasteiger partial charge in [-0.3, -0.25) is 0 Å². The van der Waals surface area contributed by atoms with E-state index in [0.29, 0.717) is 5.41 Å². The van der Waals surface area contributed by atoms with Gasteiger partial charge in [0.05, 0.1) is 12.2 Å². The van der Waals surface area contributed by atoms with Crippen LogP contribution in [-0.4, -0.2) is 35.5 Å². The van der Waals surface area contributed by atoms with Gasteiger partial charge in [-0.2, -0.15) is 0 Å². The second kappa shape index (κ2) is 3.97. The molecule has 16 heavy (non-hydrogen) atoms. The van der Waals surface area contributed by atoms with E-state index in [2.05, 4.69) is 19.2 Å². The maximum absolute atomic E-state index is 10.9. The van der Waals surface area contributed by atoms with Crippen molar-refractivity contribution in [2.45, 2.75) is 51.6 Å². The lowest BCUT2D eigenvalue weighted by Gasteiger charge is -2.52. The van der Waals surface area contributed by atoms with E-state index in [-0.39, 0.29) is 12.0 Å². The van der Waals surface area contributed by atoms with Crippen molar-refractivity contribution in [2.75, 3.05) is 19.7 Å². The van der Waals surface area contributed by atoms with Gasteiger partial charge in [0.1, 0.15) is 0 Å². The molecule has 0 spiro atoms. The van der Waals surface area contributed by atoms with Gasteiger partial charge >= 0.3 is 0 Å². The number of nitrogens with one attached hydrogen (secondary N) is 1. The normalized spacial score (nSPS) is 37.5. The first-order chi connectivity index (χ1) is 7.43. The fourth-order valence-electron chi connectivity index (χ4n) is 3.20. The Labute approximate surface area is 98.2 Å². The second-order valence-electron chi connectivity index (χ2n) is 6.59. The van der Waals surface area contributed by atoms with E-state index in [0.717, 1.165) is 38.8 Å². The quantitative estimate of drug-likeness (QED) is 0.623. The van der Waals surface area contributed by atoms with Crippen LogP contribution in [0.5, 0.6) is 0 Å². The molecule has 3 N–H and O–H groups in total. The lowest BCUT2D eigenvalue weighted by atomic mass is 9.64. The number of rotatable bonds is 2. The van der Waals surface area contributed by atoms with Crippen LogP contribution in [0.1, 0.15) is 46.0 Å². The highest BCUT2D eigenvalue weighted by Crippen LogP contribution is 2.47. The zero-order chi connectivity index (χ0) is 11.9. The summed E-state index contributed by atoms with van der Waals surface area (Å²) in [6.45, 7) is 6.20. The Hall–Kier alpha value is -0.120. The number of aliphatic hydroxyl groups excluding tert-OH is 1. The van der Waals surface area contributed by atoms with E-state index in [1.54, 1.807) is 0 Å². The summed E-state index contributed by atoms with van der Waals surface area (Å²) in [5.74, 6) is 0. The van der Waals surface area contributed by atoms with Gasteiger partial charge in [0.2, 0.25) is 0 Å². The van der Waals surface area contributed by atoms with Crippen molar-refractivity contribution >= 4 is 0 Å². The van der Waals surface area contributed by atoms with Gasteiger partial charge in [0.15, 0.2) is 0 Å². The molecule has 1 atom stereocenters. The first-order valence-corrected chi connectivity index (χ1v) is 6.47. The molecule has 1 heterocycles. The molecule has 1 aliphatic heterocycles. The Morgan fingerprint density at radius 2 is 1.75 bits per heavy atom. The Balaban J connectivity index is 2.12. The standard InChI is InChI=1S/C13H25NO2/c1-11(2)4-3-5-13(16,7-6-11)12(10-15)8-14-9-12/h14-16H,3-10H2,1-2H3. The van der Waals surface area contributed by atoms with Crippen LogP contribution in [-0.2, 0) is 0 Å². The lowest BCUT2D eigenvalue weighted by Crippen LogP contribution is -2.67. The van der Waals surface area contributed by atoms with Crippen molar-refractivity contribution in [3.8, 4) is 0 Å². The van der Waals surface area contributed by atoms with E-state index in [1.807, 2.05) is 0 Å². The van der Waals surface area contributed by atoms with Crippen molar-refractivity contribution in [1.82, 2.24) is 5.32 Å². The van der Waals surface area contributed by atoms with Crippen LogP contribution < -0.4 is 5.32 Å². The third kappa shape index (κ3) is 1.89. The first-order valence-electron chi connectivity index (χ1n) is 6.47. The molecule has 3 heteroatoms. The van der Waals surface area contributed by atoms with E-state index in [1.165, 1.54) is 6.42 Å². The highest BCUT2D eigenvalue weighted by molar-refractivity contribution is 5.07. The average molecular weight is 227 g/mol. The summed E-state index contributed by atoms with van der Waals surface area (Å²) in [4.78, 5) is 0. The summed E-state index contributed by atoms with van der Waals surface area (Å²) in [6.07, 6.45) is 5.00. The largest absolute Gasteiger partial charge is 0.396 e. The van der Waals surface area contributed by atoms with Crippen molar-refractivity contribution in [3.63, 3.8) is 0 Å². The van der Waals surface area contributed by atoms with Gasteiger partial charge < -0.3 is 15.5 Å². The number of hydrogen-bond acceptors (Lipinski definition) is 3. The fraction of sp³-hybridized carbons (Fsp3) is 1.00. The summed E-state index contributed by atoms with van der Waals surface area (Å²) in [5, 5.41) is 23.6. The molecule has 94 valence electrons. The minimum Gasteiger partial charge on any atom is -0.396 e. The maximum Gasteiger partial charge on any atom is 0.0750 e. The fourth-order valence-corrected chi connectivity index (χ4v) is 3.20. The highest BCUT2D eigenvalue weighted by atomic mass is 16.3. The van der Waals surface area contributed by atoms with Crippen LogP contribution in [0, 0.1) is 10.8 Å². The Morgan fingerprint density at radius 3 is 2.25 bits per heavy atom. The van der Waals surface area contributed by atoms with Crippen molar-refractivity contribution in [1.29, 1.82) is 0 Å².